The third kappa shape index (κ3) is 6.00. The van der Waals surface area contributed by atoms with Crippen LogP contribution in [0, 0.1) is 0 Å². The summed E-state index contributed by atoms with van der Waals surface area (Å²) >= 11 is 12.3. The molecule has 0 spiro atoms. The third-order valence-corrected chi connectivity index (χ3v) is 3.11. The van der Waals surface area contributed by atoms with Gasteiger partial charge in [-0.15, -0.1) is 0 Å². The van der Waals surface area contributed by atoms with Crippen LogP contribution in [0.15, 0.2) is 12.1 Å². The summed E-state index contributed by atoms with van der Waals surface area (Å²) < 4.78 is 5.79. The molecule has 0 aromatic heterocycles. The van der Waals surface area contributed by atoms with E-state index < -0.39 is 0 Å². The normalized spacial score (nSPS) is 11.1. The summed E-state index contributed by atoms with van der Waals surface area (Å²) in [5, 5.41) is 4.54. The van der Waals surface area contributed by atoms with Gasteiger partial charge in [-0.2, -0.15) is 0 Å². The standard InChI is InChI=1S/C14H22Cl2N2O/c1-4-5-17-10-11-8-12(15)9-13(16)14(11)19-7-6-18(2)3/h8-9,17H,4-7,10H2,1-3H3. The molecule has 3 nitrogen and oxygen atoms in total. The van der Waals surface area contributed by atoms with Crippen LogP contribution >= 0.6 is 23.2 Å². The van der Waals surface area contributed by atoms with Gasteiger partial charge in [-0.1, -0.05) is 30.1 Å². The molecule has 1 rings (SSSR count). The van der Waals surface area contributed by atoms with E-state index in [2.05, 4.69) is 17.1 Å². The topological polar surface area (TPSA) is 24.5 Å². The Morgan fingerprint density at radius 3 is 2.63 bits per heavy atom. The first-order chi connectivity index (χ1) is 9.04. The molecule has 0 radical (unpaired) electrons. The molecular formula is C14H22Cl2N2O. The van der Waals surface area contributed by atoms with E-state index in [4.69, 9.17) is 27.9 Å². The number of halogens is 2. The maximum Gasteiger partial charge on any atom is 0.142 e. The molecule has 0 aliphatic rings. The van der Waals surface area contributed by atoms with Gasteiger partial charge in [0.1, 0.15) is 12.4 Å². The average molecular weight is 305 g/mol. The summed E-state index contributed by atoms with van der Waals surface area (Å²) in [6, 6.07) is 3.62. The Morgan fingerprint density at radius 1 is 1.26 bits per heavy atom. The van der Waals surface area contributed by atoms with Crippen molar-refractivity contribution in [2.24, 2.45) is 0 Å². The van der Waals surface area contributed by atoms with Gasteiger partial charge < -0.3 is 15.0 Å². The lowest BCUT2D eigenvalue weighted by atomic mass is 10.2. The maximum absolute atomic E-state index is 6.21. The molecule has 0 saturated heterocycles. The van der Waals surface area contributed by atoms with Gasteiger partial charge in [0.05, 0.1) is 5.02 Å². The fourth-order valence-electron chi connectivity index (χ4n) is 1.64. The molecule has 1 aromatic carbocycles. The first kappa shape index (κ1) is 16.6. The number of benzene rings is 1. The summed E-state index contributed by atoms with van der Waals surface area (Å²) in [5.74, 6) is 0.733. The Balaban J connectivity index is 2.74. The van der Waals surface area contributed by atoms with Crippen LogP contribution in [0.3, 0.4) is 0 Å². The SMILES string of the molecule is CCCNCc1cc(Cl)cc(Cl)c1OCCN(C)C. The van der Waals surface area contributed by atoms with Gasteiger partial charge in [-0.05, 0) is 39.2 Å². The van der Waals surface area contributed by atoms with Gasteiger partial charge >= 0.3 is 0 Å². The molecule has 0 atom stereocenters. The summed E-state index contributed by atoms with van der Waals surface area (Å²) in [6.07, 6.45) is 1.09. The van der Waals surface area contributed by atoms with E-state index in [0.29, 0.717) is 23.2 Å². The van der Waals surface area contributed by atoms with Gasteiger partial charge in [0.15, 0.2) is 0 Å². The lowest BCUT2D eigenvalue weighted by Gasteiger charge is -2.16. The van der Waals surface area contributed by atoms with Crippen molar-refractivity contribution < 1.29 is 4.74 Å². The van der Waals surface area contributed by atoms with Crippen LogP contribution in [0.1, 0.15) is 18.9 Å². The van der Waals surface area contributed by atoms with Crippen molar-refractivity contribution in [3.63, 3.8) is 0 Å². The van der Waals surface area contributed by atoms with Crippen LogP contribution in [-0.4, -0.2) is 38.7 Å². The fourth-order valence-corrected chi connectivity index (χ4v) is 2.23. The molecule has 0 unspecified atom stereocenters. The third-order valence-electron chi connectivity index (χ3n) is 2.61. The molecular weight excluding hydrogens is 283 g/mol. The van der Waals surface area contributed by atoms with Gasteiger partial charge in [-0.25, -0.2) is 0 Å². The van der Waals surface area contributed by atoms with E-state index in [1.54, 1.807) is 6.07 Å². The monoisotopic (exact) mass is 304 g/mol. The molecule has 19 heavy (non-hydrogen) atoms. The van der Waals surface area contributed by atoms with Gasteiger partial charge in [0, 0.05) is 23.7 Å². The van der Waals surface area contributed by atoms with Crippen LogP contribution in [0.4, 0.5) is 0 Å². The van der Waals surface area contributed by atoms with Crippen molar-refractivity contribution in [3.8, 4) is 5.75 Å². The first-order valence-electron chi connectivity index (χ1n) is 6.50. The highest BCUT2D eigenvalue weighted by Crippen LogP contribution is 2.32. The summed E-state index contributed by atoms with van der Waals surface area (Å²) in [7, 11) is 4.02. The number of ether oxygens (including phenoxy) is 1. The van der Waals surface area contributed by atoms with E-state index in [9.17, 15) is 0 Å². The minimum absolute atomic E-state index is 0.569. The van der Waals surface area contributed by atoms with Gasteiger partial charge in [0.25, 0.3) is 0 Å². The molecule has 0 bridgehead atoms. The van der Waals surface area contributed by atoms with Crippen LogP contribution in [0.5, 0.6) is 5.75 Å². The average Bonchev–Trinajstić information content (AvgIpc) is 2.32. The van der Waals surface area contributed by atoms with E-state index in [1.807, 2.05) is 20.2 Å². The molecule has 0 saturated carbocycles. The van der Waals surface area contributed by atoms with Crippen LogP contribution in [0.2, 0.25) is 10.0 Å². The zero-order chi connectivity index (χ0) is 14.3. The fraction of sp³-hybridized carbons (Fsp3) is 0.571. The first-order valence-corrected chi connectivity index (χ1v) is 7.26. The maximum atomic E-state index is 6.21. The van der Waals surface area contributed by atoms with Crippen molar-refractivity contribution in [2.75, 3.05) is 33.8 Å². The van der Waals surface area contributed by atoms with Crippen molar-refractivity contribution in [2.45, 2.75) is 19.9 Å². The van der Waals surface area contributed by atoms with Crippen molar-refractivity contribution in [1.29, 1.82) is 0 Å². The Kier molecular flexibility index (Phi) is 7.54. The van der Waals surface area contributed by atoms with Crippen LogP contribution < -0.4 is 10.1 Å². The van der Waals surface area contributed by atoms with Crippen molar-refractivity contribution in [3.05, 3.63) is 27.7 Å². The zero-order valence-electron chi connectivity index (χ0n) is 11.8. The van der Waals surface area contributed by atoms with E-state index >= 15 is 0 Å². The number of hydrogen-bond acceptors (Lipinski definition) is 3. The second-order valence-electron chi connectivity index (χ2n) is 4.70. The van der Waals surface area contributed by atoms with Crippen molar-refractivity contribution >= 4 is 23.2 Å². The number of nitrogens with zero attached hydrogens (tertiary/aromatic N) is 1. The second kappa shape index (κ2) is 8.64. The summed E-state index contributed by atoms with van der Waals surface area (Å²) in [4.78, 5) is 2.07. The van der Waals surface area contributed by atoms with Crippen LogP contribution in [0.25, 0.3) is 0 Å². The molecule has 0 amide bonds. The Morgan fingerprint density at radius 2 is 2.00 bits per heavy atom. The molecule has 0 fully saturated rings. The molecule has 0 aliphatic heterocycles. The zero-order valence-corrected chi connectivity index (χ0v) is 13.3. The molecule has 1 aromatic rings. The minimum Gasteiger partial charge on any atom is -0.490 e. The van der Waals surface area contributed by atoms with E-state index in [0.717, 1.165) is 30.8 Å². The van der Waals surface area contributed by atoms with Gasteiger partial charge in [-0.3, -0.25) is 0 Å². The smallest absolute Gasteiger partial charge is 0.142 e. The predicted molar refractivity (Wildman–Crippen MR) is 82.5 cm³/mol. The van der Waals surface area contributed by atoms with E-state index in [-0.39, 0.29) is 0 Å². The highest BCUT2D eigenvalue weighted by Gasteiger charge is 2.10. The largest absolute Gasteiger partial charge is 0.490 e. The van der Waals surface area contributed by atoms with Crippen LogP contribution in [-0.2, 0) is 6.54 Å². The summed E-state index contributed by atoms with van der Waals surface area (Å²) in [6.45, 7) is 5.26. The van der Waals surface area contributed by atoms with E-state index in [1.165, 1.54) is 0 Å². The van der Waals surface area contributed by atoms with Gasteiger partial charge in [0.2, 0.25) is 0 Å². The molecule has 0 heterocycles. The van der Waals surface area contributed by atoms with Crippen molar-refractivity contribution in [1.82, 2.24) is 10.2 Å². The molecule has 5 heteroatoms. The second-order valence-corrected chi connectivity index (χ2v) is 5.55. The Labute approximate surface area is 125 Å². The minimum atomic E-state index is 0.569. The number of nitrogens with one attached hydrogen (secondary N) is 1. The predicted octanol–water partition coefficient (Wildman–Crippen LogP) is 3.43. The number of rotatable bonds is 8. The quantitative estimate of drug-likeness (QED) is 0.745. The highest BCUT2D eigenvalue weighted by atomic mass is 35.5. The number of likely N-dealkylation sites (N-methyl/N-ethyl adjacent to an activating group) is 1. The Bertz CT molecular complexity index is 397. The Hall–Kier alpha value is -0.480. The molecule has 0 aliphatic carbocycles. The lowest BCUT2D eigenvalue weighted by Crippen LogP contribution is -2.20. The summed E-state index contributed by atoms with van der Waals surface area (Å²) in [5.41, 5.74) is 1.00. The number of hydrogen-bond donors (Lipinski definition) is 1. The molecule has 1 N–H and O–H groups in total. The highest BCUT2D eigenvalue weighted by molar-refractivity contribution is 6.35. The molecule has 108 valence electrons. The lowest BCUT2D eigenvalue weighted by molar-refractivity contribution is 0.259.